The van der Waals surface area contributed by atoms with Crippen molar-refractivity contribution in [1.29, 1.82) is 0 Å². The summed E-state index contributed by atoms with van der Waals surface area (Å²) in [6.45, 7) is 1.07. The number of hydrogen-bond donors (Lipinski definition) is 1. The fourth-order valence-corrected chi connectivity index (χ4v) is 3.56. The highest BCUT2D eigenvalue weighted by atomic mass is 32.1. The number of halogens is 1. The van der Waals surface area contributed by atoms with Crippen molar-refractivity contribution in [3.05, 3.63) is 47.5 Å². The number of amides is 1. The summed E-state index contributed by atoms with van der Waals surface area (Å²) in [5.74, 6) is -0.451. The lowest BCUT2D eigenvalue weighted by molar-refractivity contribution is 0.129. The number of rotatable bonds is 5. The lowest BCUT2D eigenvalue weighted by atomic mass is 10.2. The van der Waals surface area contributed by atoms with E-state index in [0.29, 0.717) is 35.9 Å². The smallest absolute Gasteiger partial charge is 0.414 e. The molecule has 4 rings (SSSR count). The van der Waals surface area contributed by atoms with Crippen molar-refractivity contribution in [1.82, 2.24) is 20.0 Å². The standard InChI is InChI=1S/C16H15FN6O2S/c17-14-5-10(1-2-13(14)15-19-7-12(6-18)26-15)23-9-11(25-16(23)24)8-22-4-3-20-21-22/h1-5,7,11H,6,8-9,18H2/t11-/m0/s1. The van der Waals surface area contributed by atoms with E-state index in [9.17, 15) is 9.18 Å². The number of carbonyl (C=O) groups excluding carboxylic acids is 1. The molecular formula is C16H15FN6O2S. The molecule has 0 bridgehead atoms. The zero-order valence-electron chi connectivity index (χ0n) is 13.6. The van der Waals surface area contributed by atoms with Crippen LogP contribution in [0, 0.1) is 5.82 Å². The minimum Gasteiger partial charge on any atom is -0.442 e. The van der Waals surface area contributed by atoms with Gasteiger partial charge in [0.1, 0.15) is 16.9 Å². The van der Waals surface area contributed by atoms with Crippen molar-refractivity contribution in [2.24, 2.45) is 5.73 Å². The van der Waals surface area contributed by atoms with Crippen LogP contribution in [0.25, 0.3) is 10.6 Å². The Morgan fingerprint density at radius 2 is 2.31 bits per heavy atom. The van der Waals surface area contributed by atoms with E-state index in [0.717, 1.165) is 4.88 Å². The highest BCUT2D eigenvalue weighted by Gasteiger charge is 2.33. The van der Waals surface area contributed by atoms with Crippen LogP contribution in [0.2, 0.25) is 0 Å². The first-order valence-electron chi connectivity index (χ1n) is 7.91. The van der Waals surface area contributed by atoms with Crippen molar-refractivity contribution < 1.29 is 13.9 Å². The topological polar surface area (TPSA) is 99.2 Å². The fraction of sp³-hybridized carbons (Fsp3) is 0.250. The number of carbonyl (C=O) groups is 1. The van der Waals surface area contributed by atoms with Gasteiger partial charge in [-0.3, -0.25) is 4.90 Å². The third-order valence-electron chi connectivity index (χ3n) is 3.99. The molecule has 1 aromatic carbocycles. The van der Waals surface area contributed by atoms with Gasteiger partial charge in [0.2, 0.25) is 0 Å². The van der Waals surface area contributed by atoms with Gasteiger partial charge < -0.3 is 10.5 Å². The Balaban J connectivity index is 1.52. The van der Waals surface area contributed by atoms with E-state index < -0.39 is 11.9 Å². The molecule has 3 aromatic rings. The van der Waals surface area contributed by atoms with E-state index >= 15 is 0 Å². The Bertz CT molecular complexity index is 929. The predicted molar refractivity (Wildman–Crippen MR) is 93.0 cm³/mol. The number of cyclic esters (lactones) is 1. The average Bonchev–Trinajstić information content (AvgIpc) is 3.36. The zero-order chi connectivity index (χ0) is 18.1. The van der Waals surface area contributed by atoms with Crippen LogP contribution in [-0.2, 0) is 17.8 Å². The highest BCUT2D eigenvalue weighted by molar-refractivity contribution is 7.15. The molecule has 8 nitrogen and oxygen atoms in total. The number of ether oxygens (including phenoxy) is 1. The maximum atomic E-state index is 14.6. The van der Waals surface area contributed by atoms with Crippen LogP contribution in [-0.4, -0.2) is 38.7 Å². The number of hydrogen-bond acceptors (Lipinski definition) is 7. The SMILES string of the molecule is NCc1cnc(-c2ccc(N3C[C@H](Cn4ccnn4)OC3=O)cc2F)s1. The van der Waals surface area contributed by atoms with Gasteiger partial charge in [-0.1, -0.05) is 5.21 Å². The summed E-state index contributed by atoms with van der Waals surface area (Å²) in [5, 5.41) is 8.13. The van der Waals surface area contributed by atoms with Crippen LogP contribution in [0.1, 0.15) is 4.88 Å². The Hall–Kier alpha value is -2.85. The normalized spacial score (nSPS) is 16.9. The van der Waals surface area contributed by atoms with E-state index in [1.165, 1.54) is 22.3 Å². The number of nitrogens with two attached hydrogens (primary N) is 1. The largest absolute Gasteiger partial charge is 0.442 e. The number of thiazole rings is 1. The van der Waals surface area contributed by atoms with Gasteiger partial charge in [-0.25, -0.2) is 18.9 Å². The van der Waals surface area contributed by atoms with E-state index in [2.05, 4.69) is 15.3 Å². The van der Waals surface area contributed by atoms with Gasteiger partial charge in [0, 0.05) is 29.4 Å². The van der Waals surface area contributed by atoms with E-state index in [-0.39, 0.29) is 6.10 Å². The second-order valence-electron chi connectivity index (χ2n) is 5.74. The number of aromatic nitrogens is 4. The highest BCUT2D eigenvalue weighted by Crippen LogP contribution is 2.31. The molecule has 26 heavy (non-hydrogen) atoms. The van der Waals surface area contributed by atoms with Gasteiger partial charge in [-0.05, 0) is 18.2 Å². The van der Waals surface area contributed by atoms with Crippen molar-refractivity contribution in [2.75, 3.05) is 11.4 Å². The van der Waals surface area contributed by atoms with Gasteiger partial charge in [0.15, 0.2) is 0 Å². The Morgan fingerprint density at radius 1 is 1.42 bits per heavy atom. The number of benzene rings is 1. The molecule has 1 saturated heterocycles. The molecule has 0 radical (unpaired) electrons. The second-order valence-corrected chi connectivity index (χ2v) is 6.86. The third kappa shape index (κ3) is 3.16. The fourth-order valence-electron chi connectivity index (χ4n) is 2.74. The molecule has 1 atom stereocenters. The first kappa shape index (κ1) is 16.6. The first-order chi connectivity index (χ1) is 12.6. The summed E-state index contributed by atoms with van der Waals surface area (Å²) >= 11 is 1.34. The molecule has 1 aliphatic heterocycles. The summed E-state index contributed by atoms with van der Waals surface area (Å²) in [7, 11) is 0. The summed E-state index contributed by atoms with van der Waals surface area (Å²) in [5.41, 5.74) is 6.39. The minimum absolute atomic E-state index is 0.312. The van der Waals surface area contributed by atoms with Gasteiger partial charge in [-0.2, -0.15) is 0 Å². The molecular weight excluding hydrogens is 359 g/mol. The van der Waals surface area contributed by atoms with Gasteiger partial charge in [-0.15, -0.1) is 16.4 Å². The molecule has 10 heteroatoms. The molecule has 3 heterocycles. The quantitative estimate of drug-likeness (QED) is 0.734. The molecule has 0 unspecified atom stereocenters. The Labute approximate surface area is 152 Å². The molecule has 0 aliphatic carbocycles. The third-order valence-corrected chi connectivity index (χ3v) is 5.04. The van der Waals surface area contributed by atoms with Crippen LogP contribution in [0.15, 0.2) is 36.8 Å². The average molecular weight is 374 g/mol. The first-order valence-corrected chi connectivity index (χ1v) is 8.72. The predicted octanol–water partition coefficient (Wildman–Crippen LogP) is 2.02. The van der Waals surface area contributed by atoms with Crippen molar-refractivity contribution in [3.63, 3.8) is 0 Å². The lowest BCUT2D eigenvalue weighted by Gasteiger charge is -2.14. The van der Waals surface area contributed by atoms with E-state index in [4.69, 9.17) is 10.5 Å². The maximum absolute atomic E-state index is 14.6. The van der Waals surface area contributed by atoms with Gasteiger partial charge in [0.25, 0.3) is 0 Å². The van der Waals surface area contributed by atoms with E-state index in [1.807, 2.05) is 0 Å². The van der Waals surface area contributed by atoms with Crippen LogP contribution in [0.5, 0.6) is 0 Å². The molecule has 1 amide bonds. The molecule has 0 saturated carbocycles. The van der Waals surface area contributed by atoms with Gasteiger partial charge >= 0.3 is 6.09 Å². The molecule has 2 aromatic heterocycles. The van der Waals surface area contributed by atoms with Gasteiger partial charge in [0.05, 0.1) is 25.0 Å². The van der Waals surface area contributed by atoms with E-state index in [1.54, 1.807) is 35.4 Å². The van der Waals surface area contributed by atoms with Crippen molar-refractivity contribution in [3.8, 4) is 10.6 Å². The Kier molecular flexibility index (Phi) is 4.35. The van der Waals surface area contributed by atoms with Crippen molar-refractivity contribution in [2.45, 2.75) is 19.2 Å². The molecule has 0 spiro atoms. The lowest BCUT2D eigenvalue weighted by Crippen LogP contribution is -2.26. The minimum atomic E-state index is -0.512. The summed E-state index contributed by atoms with van der Waals surface area (Å²) in [6.07, 6.45) is 3.99. The molecule has 1 aliphatic rings. The zero-order valence-corrected chi connectivity index (χ0v) is 14.4. The molecule has 1 fully saturated rings. The second kappa shape index (κ2) is 6.81. The summed E-state index contributed by atoms with van der Waals surface area (Å²) < 4.78 is 21.5. The summed E-state index contributed by atoms with van der Waals surface area (Å²) in [4.78, 5) is 18.6. The number of anilines is 1. The molecule has 134 valence electrons. The van der Waals surface area contributed by atoms with Crippen LogP contribution >= 0.6 is 11.3 Å². The van der Waals surface area contributed by atoms with Crippen LogP contribution < -0.4 is 10.6 Å². The molecule has 2 N–H and O–H groups in total. The summed E-state index contributed by atoms with van der Waals surface area (Å²) in [6, 6.07) is 4.61. The van der Waals surface area contributed by atoms with Crippen molar-refractivity contribution >= 4 is 23.1 Å². The van der Waals surface area contributed by atoms with Crippen LogP contribution in [0.4, 0.5) is 14.9 Å². The Morgan fingerprint density at radius 3 is 3.00 bits per heavy atom. The maximum Gasteiger partial charge on any atom is 0.414 e. The van der Waals surface area contributed by atoms with Crippen LogP contribution in [0.3, 0.4) is 0 Å². The monoisotopic (exact) mass is 374 g/mol. The number of nitrogens with zero attached hydrogens (tertiary/aromatic N) is 5.